The van der Waals surface area contributed by atoms with Crippen LogP contribution in [0.1, 0.15) is 51.5 Å². The molecular formula is C25H28N6O3. The van der Waals surface area contributed by atoms with Crippen molar-refractivity contribution in [3.63, 3.8) is 0 Å². The third kappa shape index (κ3) is 4.00. The van der Waals surface area contributed by atoms with E-state index < -0.39 is 0 Å². The number of nitrogens with zero attached hydrogens (tertiary/aromatic N) is 5. The van der Waals surface area contributed by atoms with Gasteiger partial charge < -0.3 is 15.4 Å². The molecule has 2 N–H and O–H groups in total. The first-order chi connectivity index (χ1) is 16.6. The van der Waals surface area contributed by atoms with Crippen LogP contribution in [0.4, 0.5) is 5.82 Å². The number of aromatic nitrogens is 4. The van der Waals surface area contributed by atoms with E-state index in [-0.39, 0.29) is 29.6 Å². The van der Waals surface area contributed by atoms with Crippen LogP contribution in [0, 0.1) is 11.8 Å². The van der Waals surface area contributed by atoms with E-state index in [0.717, 1.165) is 18.6 Å². The van der Waals surface area contributed by atoms with Crippen molar-refractivity contribution in [2.75, 3.05) is 18.8 Å². The van der Waals surface area contributed by atoms with Gasteiger partial charge in [0, 0.05) is 13.1 Å². The molecule has 1 atom stereocenters. The third-order valence-corrected chi connectivity index (χ3v) is 6.68. The average molecular weight is 461 g/mol. The highest BCUT2D eigenvalue weighted by Gasteiger charge is 2.31. The topological polar surface area (TPSA) is 108 Å². The summed E-state index contributed by atoms with van der Waals surface area (Å²) < 4.78 is 9.32. The molecule has 1 aromatic carbocycles. The Kier molecular flexibility index (Phi) is 5.97. The summed E-state index contributed by atoms with van der Waals surface area (Å²) in [6, 6.07) is 7.27. The molecule has 9 nitrogen and oxygen atoms in total. The van der Waals surface area contributed by atoms with E-state index in [2.05, 4.69) is 21.8 Å². The maximum Gasteiger partial charge on any atom is 0.335 e. The van der Waals surface area contributed by atoms with Crippen molar-refractivity contribution in [1.82, 2.24) is 24.0 Å². The van der Waals surface area contributed by atoms with Crippen molar-refractivity contribution >= 4 is 22.9 Å². The Morgan fingerprint density at radius 3 is 2.62 bits per heavy atom. The highest BCUT2D eigenvalue weighted by Crippen LogP contribution is 2.29. The number of hydrogen-bond acceptors (Lipinski definition) is 6. The first-order valence-corrected chi connectivity index (χ1v) is 11.8. The van der Waals surface area contributed by atoms with Crippen molar-refractivity contribution in [2.24, 2.45) is 0 Å². The number of nitrogen functional groups attached to an aromatic ring is 1. The smallest absolute Gasteiger partial charge is 0.335 e. The fourth-order valence-corrected chi connectivity index (χ4v) is 5.01. The van der Waals surface area contributed by atoms with Gasteiger partial charge >= 0.3 is 5.69 Å². The Morgan fingerprint density at radius 1 is 1.12 bits per heavy atom. The zero-order valence-electron chi connectivity index (χ0n) is 19.2. The number of anilines is 1. The third-order valence-electron chi connectivity index (χ3n) is 6.68. The van der Waals surface area contributed by atoms with Crippen LogP contribution in [0.5, 0.6) is 5.75 Å². The molecule has 0 unspecified atom stereocenters. The van der Waals surface area contributed by atoms with Crippen molar-refractivity contribution in [3.8, 4) is 23.3 Å². The lowest BCUT2D eigenvalue weighted by Gasteiger charge is -2.23. The molecule has 1 saturated carbocycles. The minimum Gasteiger partial charge on any atom is -0.490 e. The first kappa shape index (κ1) is 22.0. The van der Waals surface area contributed by atoms with Gasteiger partial charge in [0.15, 0.2) is 11.5 Å². The normalized spacial score (nSPS) is 18.6. The van der Waals surface area contributed by atoms with Crippen LogP contribution in [0.3, 0.4) is 0 Å². The monoisotopic (exact) mass is 460 g/mol. The predicted molar refractivity (Wildman–Crippen MR) is 129 cm³/mol. The highest BCUT2D eigenvalue weighted by molar-refractivity contribution is 5.93. The van der Waals surface area contributed by atoms with Gasteiger partial charge in [0.2, 0.25) is 0 Å². The number of carbonyl (C=O) groups excluding carboxylic acids is 1. The summed E-state index contributed by atoms with van der Waals surface area (Å²) in [5, 5.41) is 0. The second-order valence-corrected chi connectivity index (χ2v) is 8.86. The van der Waals surface area contributed by atoms with Gasteiger partial charge in [-0.1, -0.05) is 12.3 Å². The molecule has 3 heterocycles. The Bertz CT molecular complexity index is 1320. The van der Waals surface area contributed by atoms with Crippen LogP contribution in [-0.4, -0.2) is 49.1 Å². The summed E-state index contributed by atoms with van der Waals surface area (Å²) >= 11 is 0. The van der Waals surface area contributed by atoms with E-state index in [0.29, 0.717) is 36.4 Å². The van der Waals surface area contributed by atoms with E-state index in [1.807, 2.05) is 24.3 Å². The first-order valence-electron chi connectivity index (χ1n) is 11.8. The quantitative estimate of drug-likeness (QED) is 0.600. The van der Waals surface area contributed by atoms with Crippen molar-refractivity contribution < 1.29 is 9.53 Å². The van der Waals surface area contributed by atoms with Gasteiger partial charge in [-0.05, 0) is 69.2 Å². The van der Waals surface area contributed by atoms with E-state index in [1.165, 1.54) is 25.6 Å². The lowest BCUT2D eigenvalue weighted by molar-refractivity contribution is -0.124. The second-order valence-electron chi connectivity index (χ2n) is 8.86. The molecular weight excluding hydrogens is 432 g/mol. The van der Waals surface area contributed by atoms with Crippen LogP contribution in [0.15, 0.2) is 35.4 Å². The Hall–Kier alpha value is -3.80. The molecule has 2 fully saturated rings. The van der Waals surface area contributed by atoms with Gasteiger partial charge in [-0.2, -0.15) is 0 Å². The second kappa shape index (κ2) is 9.21. The van der Waals surface area contributed by atoms with Crippen LogP contribution in [0.25, 0.3) is 16.9 Å². The van der Waals surface area contributed by atoms with Gasteiger partial charge in [-0.3, -0.25) is 13.9 Å². The van der Waals surface area contributed by atoms with Gasteiger partial charge in [0.1, 0.15) is 17.6 Å². The minimum absolute atomic E-state index is 0.220. The summed E-state index contributed by atoms with van der Waals surface area (Å²) in [7, 11) is 0. The maximum atomic E-state index is 13.7. The number of fused-ring (bicyclic) bond motifs is 1. The Balaban J connectivity index is 1.50. The zero-order chi connectivity index (χ0) is 23.7. The summed E-state index contributed by atoms with van der Waals surface area (Å²) in [4.78, 5) is 36.1. The number of likely N-dealkylation sites (tertiary alicyclic amines) is 1. The number of rotatable bonds is 4. The molecule has 5 rings (SSSR count). The molecule has 0 spiro atoms. The lowest BCUT2D eigenvalue weighted by Crippen LogP contribution is -2.31. The number of carbonyl (C=O) groups is 1. The summed E-state index contributed by atoms with van der Waals surface area (Å²) in [6.07, 6.45) is 8.07. The van der Waals surface area contributed by atoms with Crippen molar-refractivity contribution in [3.05, 3.63) is 41.1 Å². The molecule has 3 aromatic rings. The lowest BCUT2D eigenvalue weighted by atomic mass is 9.98. The van der Waals surface area contributed by atoms with Gasteiger partial charge in [0.25, 0.3) is 5.91 Å². The van der Waals surface area contributed by atoms with E-state index in [9.17, 15) is 9.59 Å². The number of benzene rings is 1. The average Bonchev–Trinajstić information content (AvgIpc) is 3.43. The highest BCUT2D eigenvalue weighted by atomic mass is 16.5. The molecule has 2 aromatic heterocycles. The van der Waals surface area contributed by atoms with Gasteiger partial charge in [-0.25, -0.2) is 14.8 Å². The van der Waals surface area contributed by atoms with E-state index in [4.69, 9.17) is 10.5 Å². The molecule has 9 heteroatoms. The number of imidazole rings is 1. The Labute approximate surface area is 197 Å². The predicted octanol–water partition coefficient (Wildman–Crippen LogP) is 2.67. The minimum atomic E-state index is -0.260. The Morgan fingerprint density at radius 2 is 1.88 bits per heavy atom. The van der Waals surface area contributed by atoms with Crippen LogP contribution < -0.4 is 16.2 Å². The van der Waals surface area contributed by atoms with Crippen LogP contribution in [0.2, 0.25) is 0 Å². The molecule has 34 heavy (non-hydrogen) atoms. The molecule has 0 radical (unpaired) electrons. The summed E-state index contributed by atoms with van der Waals surface area (Å²) in [5.74, 6) is 6.00. The molecule has 176 valence electrons. The summed E-state index contributed by atoms with van der Waals surface area (Å²) in [5.41, 5.74) is 7.54. The number of amides is 1. The molecule has 1 amide bonds. The van der Waals surface area contributed by atoms with Crippen LogP contribution in [-0.2, 0) is 4.79 Å². The molecule has 1 saturated heterocycles. The van der Waals surface area contributed by atoms with E-state index in [1.54, 1.807) is 21.0 Å². The maximum absolute atomic E-state index is 13.7. The number of hydrogen-bond donors (Lipinski definition) is 1. The van der Waals surface area contributed by atoms with Crippen molar-refractivity contribution in [2.45, 2.75) is 57.6 Å². The molecule has 2 aliphatic rings. The standard InChI is InChI=1S/C25H28N6O3/c1-2-6-21(32)29-14-13-18(15-29)31-24-22(23(26)27-16-28-24)30(25(31)33)17-9-11-20(12-10-17)34-19-7-4-3-5-8-19/h9-12,16,18-19H,3-5,7-8,13-15H2,1H3,(H2,26,27,28)/t18-/m1/s1. The largest absolute Gasteiger partial charge is 0.490 e. The van der Waals surface area contributed by atoms with Gasteiger partial charge in [-0.15, -0.1) is 0 Å². The fraction of sp³-hybridized carbons (Fsp3) is 0.440. The van der Waals surface area contributed by atoms with E-state index >= 15 is 0 Å². The SMILES string of the molecule is CC#CC(=O)N1CC[C@@H](n2c(=O)n(-c3ccc(OC4CCCCC4)cc3)c3c(N)ncnc32)C1. The van der Waals surface area contributed by atoms with Gasteiger partial charge in [0.05, 0.1) is 17.8 Å². The molecule has 1 aliphatic carbocycles. The number of ether oxygens (including phenoxy) is 1. The fourth-order valence-electron chi connectivity index (χ4n) is 5.01. The molecule has 1 aliphatic heterocycles. The van der Waals surface area contributed by atoms with Crippen molar-refractivity contribution in [1.29, 1.82) is 0 Å². The summed E-state index contributed by atoms with van der Waals surface area (Å²) in [6.45, 7) is 2.56. The zero-order valence-corrected chi connectivity index (χ0v) is 19.2. The van der Waals surface area contributed by atoms with Crippen LogP contribution >= 0.6 is 0 Å². The number of nitrogens with two attached hydrogens (primary N) is 1. The molecule has 0 bridgehead atoms.